The highest BCUT2D eigenvalue weighted by atomic mass is 14.3. The third-order valence-corrected chi connectivity index (χ3v) is 2.91. The molecule has 0 nitrogen and oxygen atoms in total. The maximum atomic E-state index is 3.98. The molecule has 0 fully saturated rings. The van der Waals surface area contributed by atoms with E-state index in [1.165, 1.54) is 38.5 Å². The molecule has 0 saturated heterocycles. The Labute approximate surface area is 78.1 Å². The summed E-state index contributed by atoms with van der Waals surface area (Å²) in [7, 11) is 0. The van der Waals surface area contributed by atoms with E-state index in [0.717, 1.165) is 0 Å². The Balaban J connectivity index is 4.04. The number of hydrogen-bond donors (Lipinski definition) is 0. The summed E-state index contributed by atoms with van der Waals surface area (Å²) < 4.78 is 0. The Morgan fingerprint density at radius 1 is 1.08 bits per heavy atom. The first-order valence-electron chi connectivity index (χ1n) is 5.38. The fraction of sp³-hybridized carbons (Fsp3) is 0.833. The second-order valence-corrected chi connectivity index (χ2v) is 3.77. The molecule has 0 aliphatic carbocycles. The Bertz CT molecular complexity index is 115. The van der Waals surface area contributed by atoms with Crippen LogP contribution in [0.25, 0.3) is 0 Å². The molecule has 72 valence electrons. The summed E-state index contributed by atoms with van der Waals surface area (Å²) in [5.74, 6) is 0. The smallest absolute Gasteiger partial charge is 0.0124 e. The van der Waals surface area contributed by atoms with Gasteiger partial charge in [-0.05, 0) is 24.7 Å². The summed E-state index contributed by atoms with van der Waals surface area (Å²) in [5, 5.41) is 0. The van der Waals surface area contributed by atoms with Gasteiger partial charge in [-0.25, -0.2) is 0 Å². The van der Waals surface area contributed by atoms with Gasteiger partial charge in [-0.3, -0.25) is 0 Å². The van der Waals surface area contributed by atoms with Crippen molar-refractivity contribution in [3.8, 4) is 0 Å². The normalized spacial score (nSPS) is 15.6. The highest BCUT2D eigenvalue weighted by molar-refractivity contribution is 4.93. The van der Waals surface area contributed by atoms with Crippen LogP contribution in [0.1, 0.15) is 59.3 Å². The van der Waals surface area contributed by atoms with Crippen molar-refractivity contribution in [3.05, 3.63) is 12.7 Å². The van der Waals surface area contributed by atoms with E-state index < -0.39 is 0 Å². The maximum absolute atomic E-state index is 3.98. The third kappa shape index (κ3) is 3.42. The van der Waals surface area contributed by atoms with Crippen LogP contribution in [-0.2, 0) is 0 Å². The van der Waals surface area contributed by atoms with E-state index in [-0.39, 0.29) is 0 Å². The van der Waals surface area contributed by atoms with E-state index in [9.17, 15) is 0 Å². The molecule has 12 heavy (non-hydrogen) atoms. The second kappa shape index (κ2) is 6.28. The monoisotopic (exact) mass is 168 g/mol. The summed E-state index contributed by atoms with van der Waals surface area (Å²) in [5.41, 5.74) is 0.449. The zero-order valence-corrected chi connectivity index (χ0v) is 9.03. The van der Waals surface area contributed by atoms with Crippen LogP contribution in [-0.4, -0.2) is 0 Å². The molecule has 1 atom stereocenters. The predicted molar refractivity (Wildman–Crippen MR) is 57.4 cm³/mol. The van der Waals surface area contributed by atoms with Gasteiger partial charge in [0.2, 0.25) is 0 Å². The minimum Gasteiger partial charge on any atom is -0.103 e. The van der Waals surface area contributed by atoms with Gasteiger partial charge in [-0.15, -0.1) is 6.58 Å². The molecule has 0 saturated carbocycles. The lowest BCUT2D eigenvalue weighted by molar-refractivity contribution is 0.298. The first kappa shape index (κ1) is 11.7. The zero-order chi connectivity index (χ0) is 9.45. The van der Waals surface area contributed by atoms with Crippen molar-refractivity contribution in [1.29, 1.82) is 0 Å². The highest BCUT2D eigenvalue weighted by Gasteiger charge is 2.21. The molecule has 0 aliphatic heterocycles. The van der Waals surface area contributed by atoms with E-state index in [4.69, 9.17) is 0 Å². The molecule has 0 aromatic carbocycles. The molecule has 0 heteroatoms. The highest BCUT2D eigenvalue weighted by Crippen LogP contribution is 2.34. The number of rotatable bonds is 7. The molecule has 0 aliphatic rings. The van der Waals surface area contributed by atoms with Crippen LogP contribution >= 0.6 is 0 Å². The summed E-state index contributed by atoms with van der Waals surface area (Å²) in [6.45, 7) is 10.8. The molecule has 0 N–H and O–H groups in total. The Morgan fingerprint density at radius 2 is 1.75 bits per heavy atom. The molecule has 0 rings (SSSR count). The summed E-state index contributed by atoms with van der Waals surface area (Å²) in [6, 6.07) is 0. The van der Waals surface area contributed by atoms with E-state index in [1.807, 2.05) is 0 Å². The number of allylic oxidation sites excluding steroid dienone is 1. The standard InChI is InChI=1S/C12H24/c1-5-9-11-12(7-3,8-4)10-6-2/h7H,3,5-6,8-11H2,1-2,4H3. The average molecular weight is 168 g/mol. The molecular formula is C12H24. The van der Waals surface area contributed by atoms with Crippen molar-refractivity contribution >= 4 is 0 Å². The van der Waals surface area contributed by atoms with Crippen molar-refractivity contribution < 1.29 is 0 Å². The van der Waals surface area contributed by atoms with Crippen LogP contribution in [0.15, 0.2) is 12.7 Å². The van der Waals surface area contributed by atoms with Gasteiger partial charge in [0.25, 0.3) is 0 Å². The lowest BCUT2D eigenvalue weighted by Crippen LogP contribution is -2.16. The summed E-state index contributed by atoms with van der Waals surface area (Å²) in [6.07, 6.45) is 10.0. The third-order valence-electron chi connectivity index (χ3n) is 2.91. The quantitative estimate of drug-likeness (QED) is 0.489. The van der Waals surface area contributed by atoms with E-state index >= 15 is 0 Å². The molecule has 0 aromatic heterocycles. The van der Waals surface area contributed by atoms with E-state index in [2.05, 4.69) is 33.4 Å². The van der Waals surface area contributed by atoms with Gasteiger partial charge in [0, 0.05) is 0 Å². The first-order valence-corrected chi connectivity index (χ1v) is 5.38. The molecule has 0 bridgehead atoms. The molecule has 0 amide bonds. The van der Waals surface area contributed by atoms with E-state index in [0.29, 0.717) is 5.41 Å². The average Bonchev–Trinajstić information content (AvgIpc) is 2.13. The van der Waals surface area contributed by atoms with Gasteiger partial charge < -0.3 is 0 Å². The van der Waals surface area contributed by atoms with Crippen LogP contribution in [0.5, 0.6) is 0 Å². The molecule has 0 spiro atoms. The van der Waals surface area contributed by atoms with Gasteiger partial charge in [0.05, 0.1) is 0 Å². The van der Waals surface area contributed by atoms with Crippen LogP contribution < -0.4 is 0 Å². The molecule has 0 aromatic rings. The second-order valence-electron chi connectivity index (χ2n) is 3.77. The fourth-order valence-electron chi connectivity index (χ4n) is 1.85. The fourth-order valence-corrected chi connectivity index (χ4v) is 1.85. The van der Waals surface area contributed by atoms with Crippen molar-refractivity contribution in [2.24, 2.45) is 5.41 Å². The predicted octanol–water partition coefficient (Wildman–Crippen LogP) is 4.56. The Morgan fingerprint density at radius 3 is 2.08 bits per heavy atom. The Hall–Kier alpha value is -0.260. The van der Waals surface area contributed by atoms with E-state index in [1.54, 1.807) is 0 Å². The van der Waals surface area contributed by atoms with Gasteiger partial charge in [0.15, 0.2) is 0 Å². The van der Waals surface area contributed by atoms with Crippen LogP contribution in [0, 0.1) is 5.41 Å². The molecular weight excluding hydrogens is 144 g/mol. The minimum absolute atomic E-state index is 0.449. The van der Waals surface area contributed by atoms with Crippen molar-refractivity contribution in [3.63, 3.8) is 0 Å². The van der Waals surface area contributed by atoms with Crippen LogP contribution in [0.4, 0.5) is 0 Å². The zero-order valence-electron chi connectivity index (χ0n) is 9.03. The first-order chi connectivity index (χ1) is 5.74. The minimum atomic E-state index is 0.449. The lowest BCUT2D eigenvalue weighted by atomic mass is 9.77. The SMILES string of the molecule is C=CC(CC)(CCC)CCCC. The van der Waals surface area contributed by atoms with Crippen molar-refractivity contribution in [2.45, 2.75) is 59.3 Å². The summed E-state index contributed by atoms with van der Waals surface area (Å²) in [4.78, 5) is 0. The Kier molecular flexibility index (Phi) is 6.14. The van der Waals surface area contributed by atoms with Gasteiger partial charge >= 0.3 is 0 Å². The lowest BCUT2D eigenvalue weighted by Gasteiger charge is -2.28. The van der Waals surface area contributed by atoms with Crippen LogP contribution in [0.3, 0.4) is 0 Å². The topological polar surface area (TPSA) is 0 Å². The van der Waals surface area contributed by atoms with Crippen LogP contribution in [0.2, 0.25) is 0 Å². The molecule has 1 unspecified atom stereocenters. The number of unbranched alkanes of at least 4 members (excludes halogenated alkanes) is 1. The largest absolute Gasteiger partial charge is 0.103 e. The van der Waals surface area contributed by atoms with Gasteiger partial charge in [0.1, 0.15) is 0 Å². The van der Waals surface area contributed by atoms with Gasteiger partial charge in [-0.1, -0.05) is 46.1 Å². The maximum Gasteiger partial charge on any atom is -0.0124 e. The molecule has 0 heterocycles. The summed E-state index contributed by atoms with van der Waals surface area (Å²) >= 11 is 0. The molecule has 0 radical (unpaired) electrons. The van der Waals surface area contributed by atoms with Crippen molar-refractivity contribution in [1.82, 2.24) is 0 Å². The number of hydrogen-bond acceptors (Lipinski definition) is 0. The van der Waals surface area contributed by atoms with Gasteiger partial charge in [-0.2, -0.15) is 0 Å². The van der Waals surface area contributed by atoms with Crippen molar-refractivity contribution in [2.75, 3.05) is 0 Å².